The largest absolute Gasteiger partial charge is 0.255 e. The third-order valence-electron chi connectivity index (χ3n) is 1.80. The van der Waals surface area contributed by atoms with E-state index in [-0.39, 0.29) is 11.1 Å². The quantitative estimate of drug-likeness (QED) is 0.564. The van der Waals surface area contributed by atoms with Gasteiger partial charge < -0.3 is 0 Å². The molecule has 0 saturated carbocycles. The molecule has 0 aliphatic rings. The lowest BCUT2D eigenvalue weighted by atomic mass is 10.1. The summed E-state index contributed by atoms with van der Waals surface area (Å²) in [4.78, 5) is -1.40. The van der Waals surface area contributed by atoms with Gasteiger partial charge in [-0.2, -0.15) is 0 Å². The van der Waals surface area contributed by atoms with Crippen LogP contribution in [0.3, 0.4) is 0 Å². The van der Waals surface area contributed by atoms with E-state index in [4.69, 9.17) is 0 Å². The molecule has 0 fully saturated rings. The molecule has 0 bridgehead atoms. The molecular formula is C9H7BrF4. The molecule has 1 aromatic rings. The molecule has 0 saturated heterocycles. The van der Waals surface area contributed by atoms with Crippen LogP contribution in [0.5, 0.6) is 0 Å². The van der Waals surface area contributed by atoms with Crippen LogP contribution >= 0.6 is 15.9 Å². The van der Waals surface area contributed by atoms with Gasteiger partial charge in [0.2, 0.25) is 0 Å². The van der Waals surface area contributed by atoms with Crippen molar-refractivity contribution in [2.24, 2.45) is 0 Å². The van der Waals surface area contributed by atoms with E-state index in [0.717, 1.165) is 6.07 Å². The molecule has 0 spiro atoms. The Kier molecular flexibility index (Phi) is 3.53. The van der Waals surface area contributed by atoms with Crippen molar-refractivity contribution in [2.75, 3.05) is 0 Å². The van der Waals surface area contributed by atoms with Gasteiger partial charge in [0.25, 0.3) is 6.43 Å². The Morgan fingerprint density at radius 2 is 1.71 bits per heavy atom. The van der Waals surface area contributed by atoms with Crippen LogP contribution < -0.4 is 0 Å². The highest BCUT2D eigenvalue weighted by Crippen LogP contribution is 2.32. The maximum atomic E-state index is 13.0. The third kappa shape index (κ3) is 2.26. The molecule has 5 heteroatoms. The standard InChI is InChI=1S/C9H7BrF4/c1-4-2-5(8(10)9(13)14)7(12)3-6(4)11/h2-3,8-9H,1H3. The molecule has 0 radical (unpaired) electrons. The molecule has 0 N–H and O–H groups in total. The Bertz CT molecular complexity index is 338. The van der Waals surface area contributed by atoms with Gasteiger partial charge in [0.15, 0.2) is 0 Å². The lowest BCUT2D eigenvalue weighted by Gasteiger charge is -2.11. The fraction of sp³-hybridized carbons (Fsp3) is 0.333. The van der Waals surface area contributed by atoms with E-state index in [1.54, 1.807) is 0 Å². The topological polar surface area (TPSA) is 0 Å². The molecule has 0 aliphatic heterocycles. The first-order valence-corrected chi connectivity index (χ1v) is 4.73. The van der Waals surface area contributed by atoms with E-state index < -0.39 is 22.9 Å². The summed E-state index contributed by atoms with van der Waals surface area (Å²) in [5.41, 5.74) is -0.0783. The van der Waals surface area contributed by atoms with Crippen LogP contribution in [-0.4, -0.2) is 6.43 Å². The van der Waals surface area contributed by atoms with Crippen molar-refractivity contribution >= 4 is 15.9 Å². The number of rotatable bonds is 2. The van der Waals surface area contributed by atoms with Crippen molar-refractivity contribution in [3.63, 3.8) is 0 Å². The summed E-state index contributed by atoms with van der Waals surface area (Å²) in [6.45, 7) is 1.39. The van der Waals surface area contributed by atoms with E-state index in [0.29, 0.717) is 6.07 Å². The Morgan fingerprint density at radius 1 is 1.14 bits per heavy atom. The third-order valence-corrected chi connectivity index (χ3v) is 2.69. The summed E-state index contributed by atoms with van der Waals surface area (Å²) in [5.74, 6) is -1.70. The number of halogens is 5. The second-order valence-corrected chi connectivity index (χ2v) is 3.85. The van der Waals surface area contributed by atoms with Crippen molar-refractivity contribution in [3.05, 3.63) is 34.9 Å². The van der Waals surface area contributed by atoms with Gasteiger partial charge in [0.05, 0.1) is 0 Å². The summed E-state index contributed by atoms with van der Waals surface area (Å²) in [5, 5.41) is 0. The second kappa shape index (κ2) is 4.29. The van der Waals surface area contributed by atoms with Crippen LogP contribution in [0.15, 0.2) is 12.1 Å². The maximum Gasteiger partial charge on any atom is 0.255 e. The van der Waals surface area contributed by atoms with Gasteiger partial charge in [-0.05, 0) is 18.6 Å². The van der Waals surface area contributed by atoms with Crippen molar-refractivity contribution in [2.45, 2.75) is 18.2 Å². The summed E-state index contributed by atoms with van der Waals surface area (Å²) in [7, 11) is 0. The molecule has 1 atom stereocenters. The zero-order valence-corrected chi connectivity index (χ0v) is 8.79. The normalized spacial score (nSPS) is 13.4. The highest BCUT2D eigenvalue weighted by Gasteiger charge is 2.23. The van der Waals surface area contributed by atoms with Gasteiger partial charge in [-0.25, -0.2) is 17.6 Å². The summed E-state index contributed by atoms with van der Waals surface area (Å²) in [6.07, 6.45) is -2.73. The average Bonchev–Trinajstić information content (AvgIpc) is 2.10. The molecule has 0 amide bonds. The van der Waals surface area contributed by atoms with Gasteiger partial charge in [-0.3, -0.25) is 0 Å². The van der Waals surface area contributed by atoms with Gasteiger partial charge in [0, 0.05) is 11.6 Å². The first-order chi connectivity index (χ1) is 6.43. The number of aryl methyl sites for hydroxylation is 1. The zero-order chi connectivity index (χ0) is 10.9. The van der Waals surface area contributed by atoms with Crippen LogP contribution in [0, 0.1) is 18.6 Å². The summed E-state index contributed by atoms with van der Waals surface area (Å²) >= 11 is 2.65. The Morgan fingerprint density at radius 3 is 2.21 bits per heavy atom. The predicted octanol–water partition coefficient (Wildman–Crippen LogP) is 3.97. The highest BCUT2D eigenvalue weighted by atomic mass is 79.9. The summed E-state index contributed by atoms with van der Waals surface area (Å²) < 4.78 is 50.3. The van der Waals surface area contributed by atoms with Gasteiger partial charge in [0.1, 0.15) is 16.5 Å². The van der Waals surface area contributed by atoms with Gasteiger partial charge in [-0.1, -0.05) is 15.9 Å². The molecule has 0 heterocycles. The number of benzene rings is 1. The lowest BCUT2D eigenvalue weighted by Crippen LogP contribution is -2.05. The van der Waals surface area contributed by atoms with Crippen LogP contribution in [0.25, 0.3) is 0 Å². The van der Waals surface area contributed by atoms with E-state index in [2.05, 4.69) is 15.9 Å². The molecule has 1 rings (SSSR count). The fourth-order valence-corrected chi connectivity index (χ4v) is 1.38. The lowest BCUT2D eigenvalue weighted by molar-refractivity contribution is 0.146. The SMILES string of the molecule is Cc1cc(C(Br)C(F)F)c(F)cc1F. The first-order valence-electron chi connectivity index (χ1n) is 3.81. The van der Waals surface area contributed by atoms with E-state index in [1.165, 1.54) is 6.92 Å². The van der Waals surface area contributed by atoms with Crippen LogP contribution in [0.1, 0.15) is 16.0 Å². The van der Waals surface area contributed by atoms with Gasteiger partial charge >= 0.3 is 0 Å². The summed E-state index contributed by atoms with van der Waals surface area (Å²) in [6, 6.07) is 1.69. The van der Waals surface area contributed by atoms with Crippen LogP contribution in [-0.2, 0) is 0 Å². The monoisotopic (exact) mass is 270 g/mol. The van der Waals surface area contributed by atoms with E-state index >= 15 is 0 Å². The molecule has 0 aromatic heterocycles. The van der Waals surface area contributed by atoms with Crippen molar-refractivity contribution in [3.8, 4) is 0 Å². The number of hydrogen-bond acceptors (Lipinski definition) is 0. The molecule has 14 heavy (non-hydrogen) atoms. The average molecular weight is 271 g/mol. The van der Waals surface area contributed by atoms with Crippen LogP contribution in [0.4, 0.5) is 17.6 Å². The molecule has 78 valence electrons. The Hall–Kier alpha value is -0.580. The maximum absolute atomic E-state index is 13.0. The van der Waals surface area contributed by atoms with Crippen molar-refractivity contribution < 1.29 is 17.6 Å². The number of hydrogen-bond donors (Lipinski definition) is 0. The van der Waals surface area contributed by atoms with Gasteiger partial charge in [-0.15, -0.1) is 0 Å². The smallest absolute Gasteiger partial charge is 0.209 e. The van der Waals surface area contributed by atoms with Crippen molar-refractivity contribution in [1.82, 2.24) is 0 Å². The zero-order valence-electron chi connectivity index (χ0n) is 7.20. The second-order valence-electron chi connectivity index (χ2n) is 2.86. The van der Waals surface area contributed by atoms with E-state index in [9.17, 15) is 17.6 Å². The molecular weight excluding hydrogens is 264 g/mol. The van der Waals surface area contributed by atoms with E-state index in [1.807, 2.05) is 0 Å². The minimum Gasteiger partial charge on any atom is -0.209 e. The Labute approximate surface area is 87.1 Å². The molecule has 1 aromatic carbocycles. The molecule has 0 nitrogen and oxygen atoms in total. The minimum atomic E-state index is -2.73. The highest BCUT2D eigenvalue weighted by molar-refractivity contribution is 9.09. The Balaban J connectivity index is 3.15. The predicted molar refractivity (Wildman–Crippen MR) is 48.8 cm³/mol. The number of alkyl halides is 3. The minimum absolute atomic E-state index is 0.145. The van der Waals surface area contributed by atoms with Crippen LogP contribution in [0.2, 0.25) is 0 Å². The molecule has 0 aliphatic carbocycles. The molecule has 1 unspecified atom stereocenters. The fourth-order valence-electron chi connectivity index (χ4n) is 1.03. The first kappa shape index (κ1) is 11.5. The van der Waals surface area contributed by atoms with Crippen molar-refractivity contribution in [1.29, 1.82) is 0 Å².